The van der Waals surface area contributed by atoms with Gasteiger partial charge in [0.2, 0.25) is 0 Å². The molecule has 2 nitrogen and oxygen atoms in total. The molecule has 0 fully saturated rings. The predicted octanol–water partition coefficient (Wildman–Crippen LogP) is 4.79. The standard InChI is InChI=1S/C19H19ClN2/c1-14-6-5-7-15(2)18(14)10-17-11-21-13-22(17)12-16-8-3-4-9-19(16)20/h3-9,11,13H,10,12H2,1-2H3. The van der Waals surface area contributed by atoms with E-state index in [-0.39, 0.29) is 0 Å². The van der Waals surface area contributed by atoms with Crippen LogP contribution in [0, 0.1) is 13.8 Å². The molecule has 112 valence electrons. The summed E-state index contributed by atoms with van der Waals surface area (Å²) < 4.78 is 2.17. The van der Waals surface area contributed by atoms with Crippen molar-refractivity contribution in [2.75, 3.05) is 0 Å². The van der Waals surface area contributed by atoms with Crippen molar-refractivity contribution in [1.29, 1.82) is 0 Å². The van der Waals surface area contributed by atoms with Crippen molar-refractivity contribution in [2.45, 2.75) is 26.8 Å². The molecule has 22 heavy (non-hydrogen) atoms. The van der Waals surface area contributed by atoms with E-state index in [2.05, 4.69) is 47.7 Å². The van der Waals surface area contributed by atoms with Gasteiger partial charge in [-0.2, -0.15) is 0 Å². The Morgan fingerprint density at radius 2 is 1.73 bits per heavy atom. The van der Waals surface area contributed by atoms with E-state index in [1.807, 2.05) is 30.7 Å². The summed E-state index contributed by atoms with van der Waals surface area (Å²) in [5.41, 5.74) is 6.35. The Bertz CT molecular complexity index is 769. The second kappa shape index (κ2) is 6.37. The monoisotopic (exact) mass is 310 g/mol. The molecule has 0 aliphatic rings. The van der Waals surface area contributed by atoms with Gasteiger partial charge in [-0.15, -0.1) is 0 Å². The van der Waals surface area contributed by atoms with E-state index in [9.17, 15) is 0 Å². The van der Waals surface area contributed by atoms with E-state index in [1.54, 1.807) is 0 Å². The molecule has 3 heteroatoms. The predicted molar refractivity (Wildman–Crippen MR) is 91.5 cm³/mol. The number of imidazole rings is 1. The lowest BCUT2D eigenvalue weighted by atomic mass is 9.99. The molecule has 2 aromatic carbocycles. The molecule has 0 saturated heterocycles. The lowest BCUT2D eigenvalue weighted by Crippen LogP contribution is -2.06. The largest absolute Gasteiger partial charge is 0.330 e. The fourth-order valence-corrected chi connectivity index (χ4v) is 2.95. The normalized spacial score (nSPS) is 10.9. The van der Waals surface area contributed by atoms with Crippen LogP contribution in [0.1, 0.15) is 27.9 Å². The first-order valence-electron chi connectivity index (χ1n) is 7.42. The lowest BCUT2D eigenvalue weighted by Gasteiger charge is -2.13. The highest BCUT2D eigenvalue weighted by Gasteiger charge is 2.09. The topological polar surface area (TPSA) is 17.8 Å². The molecule has 0 radical (unpaired) electrons. The van der Waals surface area contributed by atoms with Gasteiger partial charge in [-0.3, -0.25) is 0 Å². The van der Waals surface area contributed by atoms with Crippen LogP contribution in [0.3, 0.4) is 0 Å². The summed E-state index contributed by atoms with van der Waals surface area (Å²) in [5.74, 6) is 0. The van der Waals surface area contributed by atoms with Crippen molar-refractivity contribution in [1.82, 2.24) is 9.55 Å². The highest BCUT2D eigenvalue weighted by Crippen LogP contribution is 2.20. The van der Waals surface area contributed by atoms with E-state index in [0.29, 0.717) is 0 Å². The molecule has 0 N–H and O–H groups in total. The molecular weight excluding hydrogens is 292 g/mol. The van der Waals surface area contributed by atoms with Gasteiger partial charge in [0, 0.05) is 23.3 Å². The maximum Gasteiger partial charge on any atom is 0.0951 e. The minimum Gasteiger partial charge on any atom is -0.330 e. The lowest BCUT2D eigenvalue weighted by molar-refractivity contribution is 0.752. The van der Waals surface area contributed by atoms with Crippen LogP contribution in [0.2, 0.25) is 5.02 Å². The molecule has 1 aromatic heterocycles. The Hall–Kier alpha value is -2.06. The van der Waals surface area contributed by atoms with E-state index in [0.717, 1.165) is 23.6 Å². The fraction of sp³-hybridized carbons (Fsp3) is 0.211. The molecule has 3 aromatic rings. The van der Waals surface area contributed by atoms with Crippen LogP contribution in [0.25, 0.3) is 0 Å². The van der Waals surface area contributed by atoms with Crippen molar-refractivity contribution in [2.24, 2.45) is 0 Å². The molecule has 0 aliphatic carbocycles. The van der Waals surface area contributed by atoms with Gasteiger partial charge in [-0.1, -0.05) is 48.0 Å². The first-order valence-corrected chi connectivity index (χ1v) is 7.80. The summed E-state index contributed by atoms with van der Waals surface area (Å²) in [5, 5.41) is 0.800. The summed E-state index contributed by atoms with van der Waals surface area (Å²) in [6.45, 7) is 5.08. The van der Waals surface area contributed by atoms with Crippen molar-refractivity contribution >= 4 is 11.6 Å². The summed E-state index contributed by atoms with van der Waals surface area (Å²) in [6.07, 6.45) is 4.72. The summed E-state index contributed by atoms with van der Waals surface area (Å²) in [7, 11) is 0. The maximum absolute atomic E-state index is 6.27. The Morgan fingerprint density at radius 3 is 2.45 bits per heavy atom. The van der Waals surface area contributed by atoms with Gasteiger partial charge in [-0.25, -0.2) is 4.98 Å². The first kappa shape index (κ1) is 14.9. The molecule has 0 aliphatic heterocycles. The van der Waals surface area contributed by atoms with E-state index < -0.39 is 0 Å². The fourth-order valence-electron chi connectivity index (χ4n) is 2.76. The van der Waals surface area contributed by atoms with Crippen molar-refractivity contribution in [3.8, 4) is 0 Å². The molecule has 0 saturated carbocycles. The van der Waals surface area contributed by atoms with Crippen LogP contribution in [0.4, 0.5) is 0 Å². The van der Waals surface area contributed by atoms with Crippen LogP contribution >= 0.6 is 11.6 Å². The molecule has 0 amide bonds. The van der Waals surface area contributed by atoms with Gasteiger partial charge < -0.3 is 4.57 Å². The van der Waals surface area contributed by atoms with Crippen LogP contribution in [-0.2, 0) is 13.0 Å². The van der Waals surface area contributed by atoms with Gasteiger partial charge in [0.25, 0.3) is 0 Å². The van der Waals surface area contributed by atoms with E-state index >= 15 is 0 Å². The number of hydrogen-bond donors (Lipinski definition) is 0. The van der Waals surface area contributed by atoms with Gasteiger partial charge in [-0.05, 0) is 42.2 Å². The van der Waals surface area contributed by atoms with Crippen LogP contribution < -0.4 is 0 Å². The summed E-state index contributed by atoms with van der Waals surface area (Å²) in [4.78, 5) is 4.32. The van der Waals surface area contributed by atoms with E-state index in [4.69, 9.17) is 11.6 Å². The molecule has 3 rings (SSSR count). The Labute approximate surface area is 136 Å². The zero-order valence-electron chi connectivity index (χ0n) is 12.9. The highest BCUT2D eigenvalue weighted by atomic mass is 35.5. The third kappa shape index (κ3) is 3.07. The van der Waals surface area contributed by atoms with Crippen molar-refractivity contribution in [3.05, 3.63) is 88.0 Å². The molecule has 1 heterocycles. The Morgan fingerprint density at radius 1 is 1.00 bits per heavy atom. The third-order valence-corrected chi connectivity index (χ3v) is 4.47. The number of halogens is 1. The molecule has 0 spiro atoms. The summed E-state index contributed by atoms with van der Waals surface area (Å²) in [6, 6.07) is 14.4. The molecular formula is C19H19ClN2. The number of nitrogens with zero attached hydrogens (tertiary/aromatic N) is 2. The minimum absolute atomic E-state index is 0.750. The first-order chi connectivity index (χ1) is 10.6. The third-order valence-electron chi connectivity index (χ3n) is 4.10. The van der Waals surface area contributed by atoms with Gasteiger partial charge >= 0.3 is 0 Å². The Balaban J connectivity index is 1.88. The number of aryl methyl sites for hydroxylation is 2. The zero-order chi connectivity index (χ0) is 15.5. The average molecular weight is 311 g/mol. The van der Waals surface area contributed by atoms with Crippen LogP contribution in [0.5, 0.6) is 0 Å². The molecule has 0 unspecified atom stereocenters. The Kier molecular flexibility index (Phi) is 4.30. The smallest absolute Gasteiger partial charge is 0.0951 e. The number of rotatable bonds is 4. The van der Waals surface area contributed by atoms with Crippen LogP contribution in [-0.4, -0.2) is 9.55 Å². The van der Waals surface area contributed by atoms with Gasteiger partial charge in [0.05, 0.1) is 12.9 Å². The second-order valence-electron chi connectivity index (χ2n) is 5.65. The quantitative estimate of drug-likeness (QED) is 0.677. The average Bonchev–Trinajstić information content (AvgIpc) is 2.93. The van der Waals surface area contributed by atoms with Crippen molar-refractivity contribution in [3.63, 3.8) is 0 Å². The van der Waals surface area contributed by atoms with Crippen LogP contribution in [0.15, 0.2) is 55.0 Å². The zero-order valence-corrected chi connectivity index (χ0v) is 13.6. The summed E-state index contributed by atoms with van der Waals surface area (Å²) >= 11 is 6.27. The van der Waals surface area contributed by atoms with E-state index in [1.165, 1.54) is 22.4 Å². The van der Waals surface area contributed by atoms with Gasteiger partial charge in [0.15, 0.2) is 0 Å². The van der Waals surface area contributed by atoms with Crippen molar-refractivity contribution < 1.29 is 0 Å². The maximum atomic E-state index is 6.27. The minimum atomic E-state index is 0.750. The highest BCUT2D eigenvalue weighted by molar-refractivity contribution is 6.31. The second-order valence-corrected chi connectivity index (χ2v) is 6.06. The SMILES string of the molecule is Cc1cccc(C)c1Cc1cncn1Cc1ccccc1Cl. The number of hydrogen-bond acceptors (Lipinski definition) is 1. The molecule has 0 bridgehead atoms. The number of benzene rings is 2. The number of aromatic nitrogens is 2. The molecule has 0 atom stereocenters. The van der Waals surface area contributed by atoms with Gasteiger partial charge in [0.1, 0.15) is 0 Å².